The van der Waals surface area contributed by atoms with Crippen LogP contribution in [0.15, 0.2) is 0 Å². The minimum absolute atomic E-state index is 0.198. The van der Waals surface area contributed by atoms with Crippen molar-refractivity contribution in [1.29, 1.82) is 0 Å². The van der Waals surface area contributed by atoms with E-state index in [1.807, 2.05) is 7.05 Å². The first-order valence-electron chi connectivity index (χ1n) is 5.98. The van der Waals surface area contributed by atoms with Gasteiger partial charge in [-0.3, -0.25) is 0 Å². The van der Waals surface area contributed by atoms with Crippen LogP contribution in [-0.4, -0.2) is 50.5 Å². The fraction of sp³-hybridized carbons (Fsp3) is 1.00. The van der Waals surface area contributed by atoms with E-state index >= 15 is 0 Å². The first-order valence-corrected chi connectivity index (χ1v) is 7.80. The van der Waals surface area contributed by atoms with Gasteiger partial charge in [0.25, 0.3) is 0 Å². The predicted molar refractivity (Wildman–Crippen MR) is 67.1 cm³/mol. The summed E-state index contributed by atoms with van der Waals surface area (Å²) in [6, 6.07) is 0.407. The molecule has 1 saturated heterocycles. The highest BCUT2D eigenvalue weighted by Gasteiger charge is 2.30. The quantitative estimate of drug-likeness (QED) is 0.768. The standard InChI is InChI=1S/C11H24N2O2S/c1-9(2)11(12)4-6-13(3)10-5-7-16(14,15)8-10/h9-11H,4-8,12H2,1-3H3. The Kier molecular flexibility index (Phi) is 4.76. The van der Waals surface area contributed by atoms with Crippen LogP contribution in [0.25, 0.3) is 0 Å². The van der Waals surface area contributed by atoms with E-state index in [4.69, 9.17) is 5.73 Å². The Morgan fingerprint density at radius 2 is 2.06 bits per heavy atom. The Balaban J connectivity index is 2.34. The van der Waals surface area contributed by atoms with Gasteiger partial charge in [-0.15, -0.1) is 0 Å². The predicted octanol–water partition coefficient (Wildman–Crippen LogP) is 0.479. The van der Waals surface area contributed by atoms with Gasteiger partial charge in [-0.05, 0) is 32.4 Å². The summed E-state index contributed by atoms with van der Waals surface area (Å²) in [6.07, 6.45) is 1.71. The lowest BCUT2D eigenvalue weighted by Crippen LogP contribution is -2.37. The first kappa shape index (κ1) is 13.9. The molecule has 0 saturated carbocycles. The molecule has 2 unspecified atom stereocenters. The molecule has 2 atom stereocenters. The Hall–Kier alpha value is -0.130. The summed E-state index contributed by atoms with van der Waals surface area (Å²) >= 11 is 0. The van der Waals surface area contributed by atoms with Gasteiger partial charge < -0.3 is 10.6 Å². The van der Waals surface area contributed by atoms with Gasteiger partial charge >= 0.3 is 0 Å². The minimum Gasteiger partial charge on any atom is -0.327 e. The van der Waals surface area contributed by atoms with Crippen molar-refractivity contribution < 1.29 is 8.42 Å². The molecule has 0 amide bonds. The highest BCUT2D eigenvalue weighted by atomic mass is 32.2. The molecule has 5 heteroatoms. The Morgan fingerprint density at radius 1 is 1.44 bits per heavy atom. The normalized spacial score (nSPS) is 26.5. The van der Waals surface area contributed by atoms with E-state index in [2.05, 4.69) is 18.7 Å². The number of hydrogen-bond acceptors (Lipinski definition) is 4. The summed E-state index contributed by atoms with van der Waals surface area (Å²) in [6.45, 7) is 5.12. The summed E-state index contributed by atoms with van der Waals surface area (Å²) in [4.78, 5) is 2.15. The highest BCUT2D eigenvalue weighted by molar-refractivity contribution is 7.91. The Labute approximate surface area is 99.1 Å². The van der Waals surface area contributed by atoms with Crippen LogP contribution in [0.4, 0.5) is 0 Å². The molecule has 4 nitrogen and oxygen atoms in total. The molecule has 1 heterocycles. The van der Waals surface area contributed by atoms with Crippen LogP contribution >= 0.6 is 0 Å². The maximum Gasteiger partial charge on any atom is 0.151 e. The van der Waals surface area contributed by atoms with Crippen LogP contribution in [0.3, 0.4) is 0 Å². The van der Waals surface area contributed by atoms with Gasteiger partial charge in [0, 0.05) is 12.1 Å². The number of sulfone groups is 1. The summed E-state index contributed by atoms with van der Waals surface area (Å²) in [5, 5.41) is 0. The molecule has 16 heavy (non-hydrogen) atoms. The van der Waals surface area contributed by atoms with Crippen molar-refractivity contribution in [2.75, 3.05) is 25.1 Å². The van der Waals surface area contributed by atoms with Crippen LogP contribution < -0.4 is 5.73 Å². The van der Waals surface area contributed by atoms with Crippen LogP contribution in [0.1, 0.15) is 26.7 Å². The van der Waals surface area contributed by atoms with Gasteiger partial charge in [0.1, 0.15) is 0 Å². The van der Waals surface area contributed by atoms with Crippen LogP contribution in [-0.2, 0) is 9.84 Å². The third-order valence-electron chi connectivity index (χ3n) is 3.50. The number of hydrogen-bond donors (Lipinski definition) is 1. The minimum atomic E-state index is -2.77. The van der Waals surface area contributed by atoms with E-state index < -0.39 is 9.84 Å². The lowest BCUT2D eigenvalue weighted by atomic mass is 10.0. The van der Waals surface area contributed by atoms with Crippen molar-refractivity contribution in [2.45, 2.75) is 38.8 Å². The molecule has 1 aliphatic rings. The van der Waals surface area contributed by atoms with Gasteiger partial charge in [0.15, 0.2) is 9.84 Å². The molecule has 1 aliphatic heterocycles. The zero-order valence-electron chi connectivity index (χ0n) is 10.5. The fourth-order valence-electron chi connectivity index (χ4n) is 1.99. The summed E-state index contributed by atoms with van der Waals surface area (Å²) in [5.41, 5.74) is 5.97. The zero-order valence-corrected chi connectivity index (χ0v) is 11.3. The maximum atomic E-state index is 11.3. The average molecular weight is 248 g/mol. The molecular formula is C11H24N2O2S. The third kappa shape index (κ3) is 4.03. The highest BCUT2D eigenvalue weighted by Crippen LogP contribution is 2.17. The van der Waals surface area contributed by atoms with Crippen molar-refractivity contribution in [3.63, 3.8) is 0 Å². The van der Waals surface area contributed by atoms with Crippen LogP contribution in [0.5, 0.6) is 0 Å². The Morgan fingerprint density at radius 3 is 2.50 bits per heavy atom. The second kappa shape index (κ2) is 5.47. The van der Waals surface area contributed by atoms with Crippen molar-refractivity contribution in [2.24, 2.45) is 11.7 Å². The summed E-state index contributed by atoms with van der Waals surface area (Å²) in [7, 11) is -0.770. The zero-order chi connectivity index (χ0) is 12.3. The molecule has 0 bridgehead atoms. The topological polar surface area (TPSA) is 63.4 Å². The molecule has 0 aromatic rings. The van der Waals surface area contributed by atoms with E-state index in [0.29, 0.717) is 17.4 Å². The van der Waals surface area contributed by atoms with E-state index in [0.717, 1.165) is 19.4 Å². The van der Waals surface area contributed by atoms with Crippen LogP contribution in [0.2, 0.25) is 0 Å². The number of nitrogens with two attached hydrogens (primary N) is 1. The smallest absolute Gasteiger partial charge is 0.151 e. The second-order valence-corrected chi connectivity index (χ2v) is 7.46. The van der Waals surface area contributed by atoms with E-state index in [-0.39, 0.29) is 12.1 Å². The molecule has 1 rings (SSSR count). The number of nitrogens with zero attached hydrogens (tertiary/aromatic N) is 1. The first-order chi connectivity index (χ1) is 7.32. The molecule has 2 N–H and O–H groups in total. The fourth-order valence-corrected chi connectivity index (χ4v) is 3.80. The second-order valence-electron chi connectivity index (χ2n) is 5.23. The van der Waals surface area contributed by atoms with Crippen molar-refractivity contribution >= 4 is 9.84 Å². The van der Waals surface area contributed by atoms with Gasteiger partial charge in [-0.25, -0.2) is 8.42 Å². The van der Waals surface area contributed by atoms with E-state index in [1.54, 1.807) is 0 Å². The molecule has 0 aromatic heterocycles. The monoisotopic (exact) mass is 248 g/mol. The van der Waals surface area contributed by atoms with Crippen molar-refractivity contribution in [3.05, 3.63) is 0 Å². The summed E-state index contributed by atoms with van der Waals surface area (Å²) < 4.78 is 22.7. The van der Waals surface area contributed by atoms with Gasteiger partial charge in [0.05, 0.1) is 11.5 Å². The van der Waals surface area contributed by atoms with Crippen molar-refractivity contribution in [3.8, 4) is 0 Å². The largest absolute Gasteiger partial charge is 0.327 e. The van der Waals surface area contributed by atoms with Crippen LogP contribution in [0, 0.1) is 5.92 Å². The SMILES string of the molecule is CC(C)C(N)CCN(C)C1CCS(=O)(=O)C1. The molecule has 96 valence electrons. The third-order valence-corrected chi connectivity index (χ3v) is 5.25. The van der Waals surface area contributed by atoms with Gasteiger partial charge in [0.2, 0.25) is 0 Å². The Bertz CT molecular complexity index is 314. The molecular weight excluding hydrogens is 224 g/mol. The van der Waals surface area contributed by atoms with Gasteiger partial charge in [-0.1, -0.05) is 13.8 Å². The summed E-state index contributed by atoms with van der Waals surface area (Å²) in [5.74, 6) is 1.15. The van der Waals surface area contributed by atoms with E-state index in [9.17, 15) is 8.42 Å². The maximum absolute atomic E-state index is 11.3. The van der Waals surface area contributed by atoms with E-state index in [1.165, 1.54) is 0 Å². The molecule has 0 aliphatic carbocycles. The number of rotatable bonds is 5. The molecule has 0 spiro atoms. The lowest BCUT2D eigenvalue weighted by Gasteiger charge is -2.25. The van der Waals surface area contributed by atoms with Crippen molar-refractivity contribution in [1.82, 2.24) is 4.90 Å². The average Bonchev–Trinajstić information content (AvgIpc) is 2.54. The molecule has 1 fully saturated rings. The van der Waals surface area contributed by atoms with Gasteiger partial charge in [-0.2, -0.15) is 0 Å². The lowest BCUT2D eigenvalue weighted by molar-refractivity contribution is 0.244. The molecule has 0 aromatic carbocycles. The molecule has 0 radical (unpaired) electrons.